The number of amides is 1. The molecule has 0 unspecified atom stereocenters. The quantitative estimate of drug-likeness (QED) is 0.551. The molecule has 30 heavy (non-hydrogen) atoms. The minimum atomic E-state index is -3.67. The molecule has 0 aliphatic carbocycles. The number of methoxy groups -OCH3 is 1. The van der Waals surface area contributed by atoms with Crippen molar-refractivity contribution in [3.05, 3.63) is 65.2 Å². The number of Topliss-reactive ketones (excluding diaryl/α,β-unsaturated/α-hetero) is 1. The molecule has 0 fully saturated rings. The number of benzene rings is 2. The summed E-state index contributed by atoms with van der Waals surface area (Å²) in [5, 5.41) is 2.86. The van der Waals surface area contributed by atoms with Crippen molar-refractivity contribution in [1.29, 1.82) is 0 Å². The van der Waals surface area contributed by atoms with Crippen molar-refractivity contribution in [2.75, 3.05) is 20.7 Å². The second kappa shape index (κ2) is 11.0. The molecule has 0 heterocycles. The van der Waals surface area contributed by atoms with Gasteiger partial charge >= 0.3 is 0 Å². The highest BCUT2D eigenvalue weighted by atomic mass is 32.2. The maximum atomic E-state index is 12.6. The summed E-state index contributed by atoms with van der Waals surface area (Å²) < 4.78 is 31.6. The zero-order chi connectivity index (χ0) is 22.1. The Morgan fingerprint density at radius 2 is 1.67 bits per heavy atom. The Balaban J connectivity index is 1.84. The molecule has 1 N–H and O–H groups in total. The molecule has 0 aromatic heterocycles. The monoisotopic (exact) mass is 432 g/mol. The SMILES string of the molecule is COCc1ccccc1CNC(=O)CCCN(C)S(=O)(=O)c1ccc(C(C)=O)cc1. The van der Waals surface area contributed by atoms with Crippen LogP contribution in [-0.4, -0.2) is 45.1 Å². The molecular formula is C22H28N2O5S. The third-order valence-electron chi connectivity index (χ3n) is 4.74. The number of nitrogens with zero attached hydrogens (tertiary/aromatic N) is 1. The van der Waals surface area contributed by atoms with Gasteiger partial charge in [-0.15, -0.1) is 0 Å². The number of carbonyl (C=O) groups excluding carboxylic acids is 2. The van der Waals surface area contributed by atoms with Crippen molar-refractivity contribution >= 4 is 21.7 Å². The van der Waals surface area contributed by atoms with E-state index in [1.807, 2.05) is 24.3 Å². The van der Waals surface area contributed by atoms with Crippen molar-refractivity contribution in [1.82, 2.24) is 9.62 Å². The zero-order valence-corrected chi connectivity index (χ0v) is 18.4. The molecular weight excluding hydrogens is 404 g/mol. The van der Waals surface area contributed by atoms with Gasteiger partial charge in [0, 0.05) is 39.2 Å². The summed E-state index contributed by atoms with van der Waals surface area (Å²) >= 11 is 0. The van der Waals surface area contributed by atoms with Gasteiger partial charge in [-0.2, -0.15) is 0 Å². The Labute approximate surface area is 178 Å². The summed E-state index contributed by atoms with van der Waals surface area (Å²) in [6.07, 6.45) is 0.613. The molecule has 2 rings (SSSR count). The number of ketones is 1. The number of rotatable bonds is 11. The summed E-state index contributed by atoms with van der Waals surface area (Å²) in [6.45, 7) is 2.51. The first-order chi connectivity index (χ1) is 14.3. The molecule has 0 aliphatic heterocycles. The van der Waals surface area contributed by atoms with Crippen LogP contribution in [0, 0.1) is 0 Å². The number of carbonyl (C=O) groups is 2. The predicted molar refractivity (Wildman–Crippen MR) is 114 cm³/mol. The lowest BCUT2D eigenvalue weighted by atomic mass is 10.1. The fourth-order valence-corrected chi connectivity index (χ4v) is 4.14. The van der Waals surface area contributed by atoms with Gasteiger partial charge in [0.1, 0.15) is 0 Å². The van der Waals surface area contributed by atoms with Gasteiger partial charge in [-0.25, -0.2) is 12.7 Å². The molecule has 0 saturated carbocycles. The summed E-state index contributed by atoms with van der Waals surface area (Å²) in [5.41, 5.74) is 2.46. The van der Waals surface area contributed by atoms with E-state index in [1.54, 1.807) is 7.11 Å². The molecule has 0 saturated heterocycles. The van der Waals surface area contributed by atoms with E-state index >= 15 is 0 Å². The lowest BCUT2D eigenvalue weighted by Gasteiger charge is -2.17. The Kier molecular flexibility index (Phi) is 8.71. The van der Waals surface area contributed by atoms with E-state index < -0.39 is 10.0 Å². The van der Waals surface area contributed by atoms with E-state index in [0.29, 0.717) is 25.1 Å². The van der Waals surface area contributed by atoms with E-state index in [-0.39, 0.29) is 29.6 Å². The maximum absolute atomic E-state index is 12.6. The van der Waals surface area contributed by atoms with Crippen molar-refractivity contribution < 1.29 is 22.7 Å². The Bertz CT molecular complexity index is 971. The van der Waals surface area contributed by atoms with Gasteiger partial charge in [-0.3, -0.25) is 9.59 Å². The third kappa shape index (κ3) is 6.48. The van der Waals surface area contributed by atoms with E-state index in [0.717, 1.165) is 11.1 Å². The topological polar surface area (TPSA) is 92.8 Å². The van der Waals surface area contributed by atoms with E-state index in [2.05, 4.69) is 5.32 Å². The normalized spacial score (nSPS) is 11.5. The van der Waals surface area contributed by atoms with Gasteiger partial charge in [0.15, 0.2) is 5.78 Å². The predicted octanol–water partition coefficient (Wildman–Crippen LogP) is 2.75. The molecule has 0 bridgehead atoms. The van der Waals surface area contributed by atoms with E-state index in [1.165, 1.54) is 42.5 Å². The van der Waals surface area contributed by atoms with Crippen molar-refractivity contribution in [3.63, 3.8) is 0 Å². The van der Waals surface area contributed by atoms with Crippen molar-refractivity contribution in [2.45, 2.75) is 37.8 Å². The molecule has 1 amide bonds. The van der Waals surface area contributed by atoms with Crippen LogP contribution in [0.15, 0.2) is 53.4 Å². The Morgan fingerprint density at radius 3 is 2.27 bits per heavy atom. The van der Waals surface area contributed by atoms with E-state index in [4.69, 9.17) is 4.74 Å². The fraction of sp³-hybridized carbons (Fsp3) is 0.364. The van der Waals surface area contributed by atoms with Gasteiger partial charge in [-0.05, 0) is 36.6 Å². The molecule has 8 heteroatoms. The summed E-state index contributed by atoms with van der Waals surface area (Å²) in [4.78, 5) is 23.6. The standard InChI is InChI=1S/C22H28N2O5S/c1-17(25)18-10-12-21(13-11-18)30(27,28)24(2)14-6-9-22(26)23-15-19-7-4-5-8-20(19)16-29-3/h4-5,7-8,10-13H,6,9,14-16H2,1-3H3,(H,23,26). The van der Waals surface area contributed by atoms with Crippen LogP contribution in [0.4, 0.5) is 0 Å². The fourth-order valence-electron chi connectivity index (χ4n) is 2.93. The van der Waals surface area contributed by atoms with E-state index in [9.17, 15) is 18.0 Å². The van der Waals surface area contributed by atoms with Gasteiger partial charge in [0.05, 0.1) is 11.5 Å². The van der Waals surface area contributed by atoms with Gasteiger partial charge in [0.25, 0.3) is 0 Å². The molecule has 2 aromatic carbocycles. The third-order valence-corrected chi connectivity index (χ3v) is 6.61. The van der Waals surface area contributed by atoms with Crippen LogP contribution < -0.4 is 5.32 Å². The molecule has 0 spiro atoms. The molecule has 0 aliphatic rings. The summed E-state index contributed by atoms with van der Waals surface area (Å²) in [6, 6.07) is 13.6. The Morgan fingerprint density at radius 1 is 1.03 bits per heavy atom. The second-order valence-electron chi connectivity index (χ2n) is 6.99. The minimum absolute atomic E-state index is 0.120. The molecule has 0 atom stereocenters. The lowest BCUT2D eigenvalue weighted by Crippen LogP contribution is -2.29. The first-order valence-electron chi connectivity index (χ1n) is 9.65. The highest BCUT2D eigenvalue weighted by molar-refractivity contribution is 7.89. The average molecular weight is 433 g/mol. The summed E-state index contributed by atoms with van der Waals surface area (Å²) in [5.74, 6) is -0.262. The van der Waals surface area contributed by atoms with Crippen LogP contribution in [0.1, 0.15) is 41.3 Å². The number of hydrogen-bond acceptors (Lipinski definition) is 5. The molecule has 7 nitrogen and oxygen atoms in total. The molecule has 162 valence electrons. The van der Waals surface area contributed by atoms with Crippen LogP contribution in [0.25, 0.3) is 0 Å². The highest BCUT2D eigenvalue weighted by Gasteiger charge is 2.20. The first-order valence-corrected chi connectivity index (χ1v) is 11.1. The van der Waals surface area contributed by atoms with Gasteiger partial charge in [0.2, 0.25) is 15.9 Å². The van der Waals surface area contributed by atoms with Crippen molar-refractivity contribution in [2.24, 2.45) is 0 Å². The molecule has 0 radical (unpaired) electrons. The molecule has 2 aromatic rings. The number of nitrogens with one attached hydrogen (secondary N) is 1. The van der Waals surface area contributed by atoms with Crippen LogP contribution in [0.5, 0.6) is 0 Å². The average Bonchev–Trinajstić information content (AvgIpc) is 2.73. The minimum Gasteiger partial charge on any atom is -0.380 e. The highest BCUT2D eigenvalue weighted by Crippen LogP contribution is 2.16. The first kappa shape index (κ1) is 23.7. The largest absolute Gasteiger partial charge is 0.380 e. The van der Waals surface area contributed by atoms with Gasteiger partial charge < -0.3 is 10.1 Å². The zero-order valence-electron chi connectivity index (χ0n) is 17.6. The van der Waals surface area contributed by atoms with Crippen LogP contribution >= 0.6 is 0 Å². The summed E-state index contributed by atoms with van der Waals surface area (Å²) in [7, 11) is -0.568. The smallest absolute Gasteiger partial charge is 0.242 e. The van der Waals surface area contributed by atoms with Crippen LogP contribution in [0.3, 0.4) is 0 Å². The van der Waals surface area contributed by atoms with Gasteiger partial charge in [-0.1, -0.05) is 36.4 Å². The maximum Gasteiger partial charge on any atom is 0.242 e. The Hall–Kier alpha value is -2.55. The number of hydrogen-bond donors (Lipinski definition) is 1. The number of sulfonamides is 1. The lowest BCUT2D eigenvalue weighted by molar-refractivity contribution is -0.121. The van der Waals surface area contributed by atoms with Crippen LogP contribution in [-0.2, 0) is 32.7 Å². The van der Waals surface area contributed by atoms with Crippen LogP contribution in [0.2, 0.25) is 0 Å². The number of ether oxygens (including phenoxy) is 1. The second-order valence-corrected chi connectivity index (χ2v) is 9.03. The van der Waals surface area contributed by atoms with Crippen molar-refractivity contribution in [3.8, 4) is 0 Å².